The van der Waals surface area contributed by atoms with Crippen LogP contribution in [0.15, 0.2) is 52.1 Å². The largest absolute Gasteiger partial charge is 0.483 e. The third-order valence-corrected chi connectivity index (χ3v) is 6.28. The Morgan fingerprint density at radius 2 is 1.94 bits per heavy atom. The van der Waals surface area contributed by atoms with Gasteiger partial charge in [0.1, 0.15) is 5.75 Å². The Labute approximate surface area is 206 Å². The Kier molecular flexibility index (Phi) is 8.30. The third-order valence-electron chi connectivity index (χ3n) is 4.45. The summed E-state index contributed by atoms with van der Waals surface area (Å²) in [7, 11) is 0. The summed E-state index contributed by atoms with van der Waals surface area (Å²) in [5.74, 6) is 0.645. The zero-order valence-electron chi connectivity index (χ0n) is 17.5. The SMILES string of the molecule is CCn1c(SCC(=O)Nc2cc(C(F)(F)F)ccc2Cl)nnc1C(C)Oc1ccc(Br)cc1. The van der Waals surface area contributed by atoms with Crippen LogP contribution in [0.3, 0.4) is 0 Å². The molecule has 3 rings (SSSR count). The summed E-state index contributed by atoms with van der Waals surface area (Å²) in [6, 6.07) is 10.1. The molecule has 1 unspecified atom stereocenters. The smallest absolute Gasteiger partial charge is 0.416 e. The van der Waals surface area contributed by atoms with E-state index in [1.54, 1.807) is 0 Å². The monoisotopic (exact) mass is 562 g/mol. The van der Waals surface area contributed by atoms with Gasteiger partial charge in [0, 0.05) is 11.0 Å². The first kappa shape index (κ1) is 25.4. The Morgan fingerprint density at radius 1 is 1.24 bits per heavy atom. The lowest BCUT2D eigenvalue weighted by atomic mass is 10.2. The molecule has 0 saturated carbocycles. The number of alkyl halides is 3. The van der Waals surface area contributed by atoms with E-state index in [4.69, 9.17) is 16.3 Å². The summed E-state index contributed by atoms with van der Waals surface area (Å²) in [5.41, 5.74) is -1.00. The van der Waals surface area contributed by atoms with Crippen LogP contribution in [-0.2, 0) is 17.5 Å². The fourth-order valence-corrected chi connectivity index (χ4v) is 4.13. The van der Waals surface area contributed by atoms with E-state index in [0.717, 1.165) is 34.4 Å². The number of aromatic nitrogens is 3. The van der Waals surface area contributed by atoms with Gasteiger partial charge in [-0.2, -0.15) is 13.2 Å². The average Bonchev–Trinajstić information content (AvgIpc) is 3.17. The number of amides is 1. The quantitative estimate of drug-likeness (QED) is 0.313. The molecule has 0 aliphatic rings. The van der Waals surface area contributed by atoms with Gasteiger partial charge >= 0.3 is 6.18 Å². The second-order valence-corrected chi connectivity index (χ2v) is 9.09. The molecule has 3 aromatic rings. The summed E-state index contributed by atoms with van der Waals surface area (Å²) in [4.78, 5) is 12.4. The Hall–Kier alpha value is -2.24. The van der Waals surface area contributed by atoms with Crippen LogP contribution < -0.4 is 10.1 Å². The van der Waals surface area contributed by atoms with Crippen molar-refractivity contribution in [1.82, 2.24) is 14.8 Å². The van der Waals surface area contributed by atoms with Crippen molar-refractivity contribution < 1.29 is 22.7 Å². The second-order valence-electron chi connectivity index (χ2n) is 6.83. The van der Waals surface area contributed by atoms with Crippen LogP contribution in [0.1, 0.15) is 31.3 Å². The van der Waals surface area contributed by atoms with Gasteiger partial charge in [0.25, 0.3) is 0 Å². The number of anilines is 1. The number of carbonyl (C=O) groups is 1. The highest BCUT2D eigenvalue weighted by Gasteiger charge is 2.31. The number of ether oxygens (including phenoxy) is 1. The normalized spacial score (nSPS) is 12.5. The maximum absolute atomic E-state index is 12.9. The van der Waals surface area contributed by atoms with E-state index in [2.05, 4.69) is 31.4 Å². The van der Waals surface area contributed by atoms with Gasteiger partial charge in [-0.3, -0.25) is 4.79 Å². The minimum absolute atomic E-state index is 0.0132. The Bertz CT molecular complexity index is 1130. The molecule has 0 fully saturated rings. The zero-order chi connectivity index (χ0) is 24.2. The molecule has 0 aliphatic carbocycles. The molecule has 0 bridgehead atoms. The minimum atomic E-state index is -4.54. The number of rotatable bonds is 8. The van der Waals surface area contributed by atoms with E-state index in [1.807, 2.05) is 42.7 Å². The standard InChI is InChI=1S/C21H19BrClF3N4O2S/c1-3-30-19(12(2)32-15-7-5-14(22)6-8-15)28-29-20(30)33-11-18(31)27-17-10-13(21(24,25)26)4-9-16(17)23/h4-10,12H,3,11H2,1-2H3,(H,27,31). The molecule has 0 saturated heterocycles. The van der Waals surface area contributed by atoms with E-state index < -0.39 is 23.8 Å². The van der Waals surface area contributed by atoms with Crippen molar-refractivity contribution in [2.45, 2.75) is 37.8 Å². The lowest BCUT2D eigenvalue weighted by molar-refractivity contribution is -0.137. The molecule has 0 aliphatic heterocycles. The van der Waals surface area contributed by atoms with E-state index in [0.29, 0.717) is 23.3 Å². The topological polar surface area (TPSA) is 69.0 Å². The highest BCUT2D eigenvalue weighted by atomic mass is 79.9. The summed E-state index contributed by atoms with van der Waals surface area (Å²) < 4.78 is 47.4. The van der Waals surface area contributed by atoms with Gasteiger partial charge in [-0.05, 0) is 56.3 Å². The van der Waals surface area contributed by atoms with Crippen LogP contribution in [0.2, 0.25) is 5.02 Å². The molecule has 0 spiro atoms. The fraction of sp³-hybridized carbons (Fsp3) is 0.286. The van der Waals surface area contributed by atoms with Crippen molar-refractivity contribution in [1.29, 1.82) is 0 Å². The van der Waals surface area contributed by atoms with E-state index in [1.165, 1.54) is 0 Å². The zero-order valence-corrected chi connectivity index (χ0v) is 20.6. The average molecular weight is 564 g/mol. The van der Waals surface area contributed by atoms with E-state index in [-0.39, 0.29) is 16.5 Å². The number of carbonyl (C=O) groups excluding carboxylic acids is 1. The first-order chi connectivity index (χ1) is 15.6. The first-order valence-corrected chi connectivity index (χ1v) is 11.9. The molecule has 6 nitrogen and oxygen atoms in total. The molecular formula is C21H19BrClF3N4O2S. The molecule has 33 heavy (non-hydrogen) atoms. The van der Waals surface area contributed by atoms with E-state index in [9.17, 15) is 18.0 Å². The van der Waals surface area contributed by atoms with Crippen LogP contribution in [0, 0.1) is 0 Å². The van der Waals surface area contributed by atoms with Gasteiger partial charge in [-0.1, -0.05) is 39.3 Å². The Morgan fingerprint density at radius 3 is 2.58 bits per heavy atom. The molecule has 12 heteroatoms. The van der Waals surface area contributed by atoms with Gasteiger partial charge in [-0.25, -0.2) is 0 Å². The highest BCUT2D eigenvalue weighted by Crippen LogP contribution is 2.34. The summed E-state index contributed by atoms with van der Waals surface area (Å²) >= 11 is 10.4. The third kappa shape index (κ3) is 6.64. The van der Waals surface area contributed by atoms with Crippen LogP contribution >= 0.6 is 39.3 Å². The maximum atomic E-state index is 12.9. The van der Waals surface area contributed by atoms with Gasteiger partial charge < -0.3 is 14.6 Å². The van der Waals surface area contributed by atoms with Crippen LogP contribution in [0.4, 0.5) is 18.9 Å². The molecule has 176 valence electrons. The fourth-order valence-electron chi connectivity index (χ4n) is 2.89. The first-order valence-electron chi connectivity index (χ1n) is 9.73. The molecule has 1 N–H and O–H groups in total. The van der Waals surface area contributed by atoms with Crippen molar-refractivity contribution in [3.63, 3.8) is 0 Å². The molecule has 1 atom stereocenters. The summed E-state index contributed by atoms with van der Waals surface area (Å²) in [5, 5.41) is 11.3. The molecule has 2 aromatic carbocycles. The predicted molar refractivity (Wildman–Crippen MR) is 125 cm³/mol. The second kappa shape index (κ2) is 10.8. The van der Waals surface area contributed by atoms with Crippen LogP contribution in [-0.4, -0.2) is 26.4 Å². The van der Waals surface area contributed by atoms with Crippen molar-refractivity contribution in [3.05, 3.63) is 63.3 Å². The van der Waals surface area contributed by atoms with E-state index >= 15 is 0 Å². The van der Waals surface area contributed by atoms with Gasteiger partial charge in [0.2, 0.25) is 5.91 Å². The summed E-state index contributed by atoms with van der Waals surface area (Å²) in [6.07, 6.45) is -4.94. The molecule has 1 heterocycles. The molecular weight excluding hydrogens is 545 g/mol. The number of halogens is 5. The highest BCUT2D eigenvalue weighted by molar-refractivity contribution is 9.10. The number of nitrogens with one attached hydrogen (secondary N) is 1. The van der Waals surface area contributed by atoms with Gasteiger partial charge in [0.05, 0.1) is 22.0 Å². The predicted octanol–water partition coefficient (Wildman–Crippen LogP) is 6.60. The van der Waals surface area contributed by atoms with Crippen molar-refractivity contribution in [3.8, 4) is 5.75 Å². The number of benzene rings is 2. The molecule has 1 aromatic heterocycles. The molecule has 1 amide bonds. The molecule has 0 radical (unpaired) electrons. The van der Waals surface area contributed by atoms with Crippen LogP contribution in [0.25, 0.3) is 0 Å². The lowest BCUT2D eigenvalue weighted by Gasteiger charge is -2.15. The van der Waals surface area contributed by atoms with Crippen molar-refractivity contribution in [2.75, 3.05) is 11.1 Å². The maximum Gasteiger partial charge on any atom is 0.416 e. The Balaban J connectivity index is 1.65. The van der Waals surface area contributed by atoms with Crippen molar-refractivity contribution >= 4 is 50.9 Å². The summed E-state index contributed by atoms with van der Waals surface area (Å²) in [6.45, 7) is 4.29. The van der Waals surface area contributed by atoms with Crippen LogP contribution in [0.5, 0.6) is 5.75 Å². The van der Waals surface area contributed by atoms with Gasteiger partial charge in [-0.15, -0.1) is 10.2 Å². The lowest BCUT2D eigenvalue weighted by Crippen LogP contribution is -2.16. The van der Waals surface area contributed by atoms with Crippen molar-refractivity contribution in [2.24, 2.45) is 0 Å². The number of thioether (sulfide) groups is 1. The number of hydrogen-bond donors (Lipinski definition) is 1. The van der Waals surface area contributed by atoms with Gasteiger partial charge in [0.15, 0.2) is 17.1 Å². The minimum Gasteiger partial charge on any atom is -0.483 e. The number of nitrogens with zero attached hydrogens (tertiary/aromatic N) is 3. The number of hydrogen-bond acceptors (Lipinski definition) is 5.